The van der Waals surface area contributed by atoms with E-state index in [0.717, 1.165) is 24.5 Å². The molecule has 0 radical (unpaired) electrons. The second kappa shape index (κ2) is 10.9. The molecule has 0 spiro atoms. The molecule has 0 aliphatic rings. The number of anilines is 2. The van der Waals surface area contributed by atoms with E-state index in [4.69, 9.17) is 0 Å². The third-order valence-corrected chi connectivity index (χ3v) is 6.13. The van der Waals surface area contributed by atoms with Crippen LogP contribution in [0.2, 0.25) is 0 Å². The van der Waals surface area contributed by atoms with Crippen LogP contribution >= 0.6 is 0 Å². The van der Waals surface area contributed by atoms with Crippen LogP contribution in [0, 0.1) is 0 Å². The summed E-state index contributed by atoms with van der Waals surface area (Å²) in [5.74, 6) is 0.161. The van der Waals surface area contributed by atoms with Crippen molar-refractivity contribution in [1.29, 1.82) is 0 Å². The number of sulfonamides is 1. The van der Waals surface area contributed by atoms with Gasteiger partial charge in [-0.3, -0.25) is 9.59 Å². The third kappa shape index (κ3) is 7.04. The van der Waals surface area contributed by atoms with Gasteiger partial charge in [0.05, 0.1) is 10.9 Å². The van der Waals surface area contributed by atoms with Gasteiger partial charge < -0.3 is 15.5 Å². The van der Waals surface area contributed by atoms with Crippen LogP contribution in [0.5, 0.6) is 0 Å². The van der Waals surface area contributed by atoms with Crippen LogP contribution in [0.25, 0.3) is 0 Å². The molecular formula is C21H29N5O4S. The van der Waals surface area contributed by atoms with Crippen LogP contribution in [-0.4, -0.2) is 44.3 Å². The van der Waals surface area contributed by atoms with E-state index < -0.39 is 22.0 Å². The molecule has 9 nitrogen and oxygen atoms in total. The molecule has 1 aromatic heterocycles. The predicted octanol–water partition coefficient (Wildman–Crippen LogP) is 1.87. The van der Waals surface area contributed by atoms with E-state index in [0.29, 0.717) is 5.69 Å². The Morgan fingerprint density at radius 3 is 2.23 bits per heavy atom. The largest absolute Gasteiger partial charge is 0.357 e. The molecule has 2 amide bonds. The molecular weight excluding hydrogens is 418 g/mol. The highest BCUT2D eigenvalue weighted by atomic mass is 32.2. The lowest BCUT2D eigenvalue weighted by Crippen LogP contribution is -2.44. The molecule has 3 N–H and O–H groups in total. The number of hydrogen-bond donors (Lipinski definition) is 3. The second-order valence-corrected chi connectivity index (χ2v) is 8.68. The summed E-state index contributed by atoms with van der Waals surface area (Å²) in [7, 11) is -3.90. The van der Waals surface area contributed by atoms with Gasteiger partial charge in [0.25, 0.3) is 0 Å². The fraction of sp³-hybridized carbons (Fsp3) is 0.381. The summed E-state index contributed by atoms with van der Waals surface area (Å²) in [5.41, 5.74) is 1.30. The maximum atomic E-state index is 12.5. The van der Waals surface area contributed by atoms with Crippen molar-refractivity contribution in [2.45, 2.75) is 45.2 Å². The number of nitrogens with one attached hydrogen (secondary N) is 3. The molecule has 0 bridgehead atoms. The summed E-state index contributed by atoms with van der Waals surface area (Å²) in [5, 5.41) is 5.28. The SMILES string of the molecule is CCN(CC)c1ccc(CNC(=O)[C@H](C)NS(=O)(=O)c2ccc(NC(C)=O)cc2)cn1. The molecule has 0 aliphatic carbocycles. The molecule has 0 unspecified atom stereocenters. The highest BCUT2D eigenvalue weighted by Gasteiger charge is 2.22. The average molecular weight is 448 g/mol. The zero-order valence-electron chi connectivity index (χ0n) is 18.2. The quantitative estimate of drug-likeness (QED) is 0.511. The van der Waals surface area contributed by atoms with Gasteiger partial charge in [0, 0.05) is 38.4 Å². The first kappa shape index (κ1) is 24.3. The maximum absolute atomic E-state index is 12.5. The number of carbonyl (C=O) groups is 2. The Morgan fingerprint density at radius 2 is 1.71 bits per heavy atom. The van der Waals surface area contributed by atoms with Gasteiger partial charge >= 0.3 is 0 Å². The van der Waals surface area contributed by atoms with Gasteiger partial charge in [-0.1, -0.05) is 6.07 Å². The van der Waals surface area contributed by atoms with Gasteiger partial charge in [-0.25, -0.2) is 13.4 Å². The fourth-order valence-corrected chi connectivity index (χ4v) is 4.08. The van der Waals surface area contributed by atoms with E-state index in [9.17, 15) is 18.0 Å². The molecule has 2 aromatic rings. The average Bonchev–Trinajstić information content (AvgIpc) is 2.73. The van der Waals surface area contributed by atoms with Crippen molar-refractivity contribution in [2.75, 3.05) is 23.3 Å². The first-order chi connectivity index (χ1) is 14.7. The monoisotopic (exact) mass is 447 g/mol. The maximum Gasteiger partial charge on any atom is 0.241 e. The number of pyridine rings is 1. The van der Waals surface area contributed by atoms with Gasteiger partial charge in [0.1, 0.15) is 5.82 Å². The molecule has 0 aliphatic heterocycles. The lowest BCUT2D eigenvalue weighted by Gasteiger charge is -2.19. The number of aromatic nitrogens is 1. The molecule has 0 saturated carbocycles. The number of rotatable bonds is 10. The van der Waals surface area contributed by atoms with Crippen LogP contribution in [0.1, 0.15) is 33.3 Å². The summed E-state index contributed by atoms with van der Waals surface area (Å²) in [6, 6.07) is 8.49. The smallest absolute Gasteiger partial charge is 0.241 e. The van der Waals surface area contributed by atoms with Crippen molar-refractivity contribution in [3.05, 3.63) is 48.2 Å². The number of amides is 2. The van der Waals surface area contributed by atoms with E-state index in [-0.39, 0.29) is 17.3 Å². The van der Waals surface area contributed by atoms with E-state index >= 15 is 0 Å². The summed E-state index contributed by atoms with van der Waals surface area (Å²) >= 11 is 0. The summed E-state index contributed by atoms with van der Waals surface area (Å²) < 4.78 is 27.4. The van der Waals surface area contributed by atoms with Gasteiger partial charge in [-0.2, -0.15) is 4.72 Å². The zero-order valence-corrected chi connectivity index (χ0v) is 19.0. The first-order valence-electron chi connectivity index (χ1n) is 10.0. The molecule has 0 fully saturated rings. The Hall–Kier alpha value is -2.98. The highest BCUT2D eigenvalue weighted by molar-refractivity contribution is 7.89. The van der Waals surface area contributed by atoms with E-state index in [1.54, 1.807) is 6.20 Å². The van der Waals surface area contributed by atoms with Crippen molar-refractivity contribution >= 4 is 33.3 Å². The van der Waals surface area contributed by atoms with Gasteiger partial charge in [0.15, 0.2) is 0 Å². The van der Waals surface area contributed by atoms with Crippen molar-refractivity contribution in [3.63, 3.8) is 0 Å². The van der Waals surface area contributed by atoms with Gasteiger partial charge in [-0.05, 0) is 56.7 Å². The predicted molar refractivity (Wildman–Crippen MR) is 120 cm³/mol. The molecule has 1 aromatic carbocycles. The lowest BCUT2D eigenvalue weighted by atomic mass is 10.2. The van der Waals surface area contributed by atoms with Crippen LogP contribution in [0.3, 0.4) is 0 Å². The molecule has 1 heterocycles. The van der Waals surface area contributed by atoms with E-state index in [2.05, 4.69) is 39.1 Å². The summed E-state index contributed by atoms with van der Waals surface area (Å²) in [6.45, 7) is 8.89. The first-order valence-corrected chi connectivity index (χ1v) is 11.5. The normalized spacial score (nSPS) is 12.1. The molecule has 10 heteroatoms. The van der Waals surface area contributed by atoms with Crippen molar-refractivity contribution in [3.8, 4) is 0 Å². The van der Waals surface area contributed by atoms with Gasteiger partial charge in [0.2, 0.25) is 21.8 Å². The summed E-state index contributed by atoms with van der Waals surface area (Å²) in [6.07, 6.45) is 1.69. The van der Waals surface area contributed by atoms with Gasteiger partial charge in [-0.15, -0.1) is 0 Å². The topological polar surface area (TPSA) is 121 Å². The molecule has 31 heavy (non-hydrogen) atoms. The lowest BCUT2D eigenvalue weighted by molar-refractivity contribution is -0.122. The Bertz CT molecular complexity index is 987. The van der Waals surface area contributed by atoms with E-state index in [1.807, 2.05) is 12.1 Å². The number of nitrogens with zero attached hydrogens (tertiary/aromatic N) is 2. The van der Waals surface area contributed by atoms with Crippen LogP contribution < -0.4 is 20.3 Å². The van der Waals surface area contributed by atoms with Crippen LogP contribution in [-0.2, 0) is 26.2 Å². The van der Waals surface area contributed by atoms with Crippen LogP contribution in [0.4, 0.5) is 11.5 Å². The molecule has 2 rings (SSSR count). The second-order valence-electron chi connectivity index (χ2n) is 6.96. The summed E-state index contributed by atoms with van der Waals surface area (Å²) in [4.78, 5) is 29.9. The minimum absolute atomic E-state index is 0.00237. The molecule has 168 valence electrons. The molecule has 1 atom stereocenters. The standard InChI is InChI=1S/C21H29N5O4S/c1-5-26(6-2)20-12-7-17(13-22-20)14-23-21(28)15(3)25-31(29,30)19-10-8-18(9-11-19)24-16(4)27/h7-13,15,25H,5-6,14H2,1-4H3,(H,23,28)(H,24,27)/t15-/m0/s1. The Kier molecular flexibility index (Phi) is 8.52. The highest BCUT2D eigenvalue weighted by Crippen LogP contribution is 2.15. The Labute approximate surface area is 183 Å². The zero-order chi connectivity index (χ0) is 23.0. The minimum Gasteiger partial charge on any atom is -0.357 e. The fourth-order valence-electron chi connectivity index (χ4n) is 2.87. The number of carbonyl (C=O) groups excluding carboxylic acids is 2. The van der Waals surface area contributed by atoms with Crippen molar-refractivity contribution < 1.29 is 18.0 Å². The Balaban J connectivity index is 1.93. The van der Waals surface area contributed by atoms with Crippen molar-refractivity contribution in [1.82, 2.24) is 15.0 Å². The van der Waals surface area contributed by atoms with E-state index in [1.165, 1.54) is 38.1 Å². The Morgan fingerprint density at radius 1 is 1.06 bits per heavy atom. The van der Waals surface area contributed by atoms with Crippen molar-refractivity contribution in [2.24, 2.45) is 0 Å². The number of hydrogen-bond acceptors (Lipinski definition) is 6. The minimum atomic E-state index is -3.90. The third-order valence-electron chi connectivity index (χ3n) is 4.57. The molecule has 0 saturated heterocycles. The number of benzene rings is 1. The van der Waals surface area contributed by atoms with Crippen LogP contribution in [0.15, 0.2) is 47.5 Å².